The first-order valence-corrected chi connectivity index (χ1v) is 13.6. The van der Waals surface area contributed by atoms with Gasteiger partial charge in [0.15, 0.2) is 0 Å². The standard InChI is InChI=1S/C28H22BrN3O5S/c1-19-7-9-21(10-8-19)28(34)37-26-16-13-23(29)17-22(26)18-30-31-27(33)20-11-14-24(15-12-20)32-38(35,36)25-5-3-2-4-6-25/h2-18,32H,1H3,(H,31,33)/b30-18-. The monoisotopic (exact) mass is 591 g/mol. The first-order valence-electron chi connectivity index (χ1n) is 11.3. The third-order valence-electron chi connectivity index (χ3n) is 5.28. The van der Waals surface area contributed by atoms with Gasteiger partial charge in [0, 0.05) is 21.3 Å². The molecule has 0 heterocycles. The number of carbonyl (C=O) groups is 2. The van der Waals surface area contributed by atoms with Crippen LogP contribution in [-0.4, -0.2) is 26.5 Å². The van der Waals surface area contributed by atoms with E-state index in [0.29, 0.717) is 16.8 Å². The molecule has 4 rings (SSSR count). The minimum Gasteiger partial charge on any atom is -0.422 e. The Morgan fingerprint density at radius 3 is 2.21 bits per heavy atom. The minimum atomic E-state index is -3.74. The molecule has 0 aliphatic rings. The molecule has 0 saturated heterocycles. The van der Waals surface area contributed by atoms with Crippen LogP contribution in [0.2, 0.25) is 0 Å². The van der Waals surface area contributed by atoms with E-state index in [1.807, 2.05) is 19.1 Å². The number of nitrogens with zero attached hydrogens (tertiary/aromatic N) is 1. The van der Waals surface area contributed by atoms with Crippen molar-refractivity contribution in [2.75, 3.05) is 4.72 Å². The number of hydrogen-bond donors (Lipinski definition) is 2. The van der Waals surface area contributed by atoms with E-state index in [9.17, 15) is 18.0 Å². The maximum atomic E-state index is 12.5. The van der Waals surface area contributed by atoms with E-state index in [1.165, 1.54) is 42.6 Å². The summed E-state index contributed by atoms with van der Waals surface area (Å²) in [5.74, 6) is -0.757. The molecule has 38 heavy (non-hydrogen) atoms. The minimum absolute atomic E-state index is 0.132. The molecule has 10 heteroatoms. The zero-order chi connectivity index (χ0) is 27.1. The molecule has 0 unspecified atom stereocenters. The summed E-state index contributed by atoms with van der Waals surface area (Å²) in [6.07, 6.45) is 1.36. The molecule has 0 aromatic heterocycles. The lowest BCUT2D eigenvalue weighted by Gasteiger charge is -2.09. The first kappa shape index (κ1) is 26.8. The maximum absolute atomic E-state index is 12.5. The lowest BCUT2D eigenvalue weighted by molar-refractivity contribution is 0.0734. The summed E-state index contributed by atoms with van der Waals surface area (Å²) in [6, 6.07) is 25.9. The van der Waals surface area contributed by atoms with E-state index in [1.54, 1.807) is 48.5 Å². The van der Waals surface area contributed by atoms with Crippen LogP contribution in [0.15, 0.2) is 112 Å². The average molecular weight is 592 g/mol. The molecule has 0 fully saturated rings. The first-order chi connectivity index (χ1) is 18.2. The van der Waals surface area contributed by atoms with Crippen molar-refractivity contribution in [3.63, 3.8) is 0 Å². The third-order valence-corrected chi connectivity index (χ3v) is 7.17. The molecule has 0 aliphatic carbocycles. The zero-order valence-electron chi connectivity index (χ0n) is 20.1. The highest BCUT2D eigenvalue weighted by atomic mass is 79.9. The second-order valence-electron chi connectivity index (χ2n) is 8.13. The van der Waals surface area contributed by atoms with Crippen LogP contribution in [0, 0.1) is 6.92 Å². The Balaban J connectivity index is 1.40. The van der Waals surface area contributed by atoms with E-state index >= 15 is 0 Å². The highest BCUT2D eigenvalue weighted by Crippen LogP contribution is 2.23. The van der Waals surface area contributed by atoms with Crippen molar-refractivity contribution < 1.29 is 22.7 Å². The number of hydrazone groups is 1. The smallest absolute Gasteiger partial charge is 0.343 e. The van der Waals surface area contributed by atoms with Gasteiger partial charge >= 0.3 is 5.97 Å². The van der Waals surface area contributed by atoms with Gasteiger partial charge in [-0.25, -0.2) is 18.6 Å². The molecule has 2 N–H and O–H groups in total. The van der Waals surface area contributed by atoms with Crippen molar-refractivity contribution in [3.05, 3.63) is 124 Å². The number of nitrogens with one attached hydrogen (secondary N) is 2. The fraction of sp³-hybridized carbons (Fsp3) is 0.0357. The number of benzene rings is 4. The number of anilines is 1. The number of ether oxygens (including phenoxy) is 1. The molecule has 0 aliphatic heterocycles. The van der Waals surface area contributed by atoms with Crippen LogP contribution in [-0.2, 0) is 10.0 Å². The van der Waals surface area contributed by atoms with Crippen molar-refractivity contribution in [1.29, 1.82) is 0 Å². The molecule has 1 amide bonds. The van der Waals surface area contributed by atoms with Crippen LogP contribution in [0.5, 0.6) is 5.75 Å². The molecule has 0 radical (unpaired) electrons. The van der Waals surface area contributed by atoms with Crippen LogP contribution in [0.1, 0.15) is 31.8 Å². The Kier molecular flexibility index (Phi) is 8.35. The summed E-state index contributed by atoms with van der Waals surface area (Å²) in [5.41, 5.74) is 4.89. The van der Waals surface area contributed by atoms with Crippen LogP contribution in [0.3, 0.4) is 0 Å². The summed E-state index contributed by atoms with van der Waals surface area (Å²) < 4.78 is 33.7. The van der Waals surface area contributed by atoms with Crippen molar-refractivity contribution in [2.24, 2.45) is 5.10 Å². The molecule has 4 aromatic carbocycles. The Labute approximate surface area is 228 Å². The fourth-order valence-corrected chi connectivity index (χ4v) is 4.75. The molecule has 0 saturated carbocycles. The van der Waals surface area contributed by atoms with Gasteiger partial charge in [-0.1, -0.05) is 51.8 Å². The second-order valence-corrected chi connectivity index (χ2v) is 10.7. The van der Waals surface area contributed by atoms with Crippen LogP contribution in [0.25, 0.3) is 0 Å². The second kappa shape index (κ2) is 11.8. The Bertz CT molecular complexity index is 1590. The summed E-state index contributed by atoms with van der Waals surface area (Å²) in [6.45, 7) is 1.93. The number of hydrogen-bond acceptors (Lipinski definition) is 6. The molecule has 0 spiro atoms. The highest BCUT2D eigenvalue weighted by Gasteiger charge is 2.14. The number of rotatable bonds is 8. The summed E-state index contributed by atoms with van der Waals surface area (Å²) in [5, 5.41) is 3.98. The van der Waals surface area contributed by atoms with Gasteiger partial charge in [0.2, 0.25) is 0 Å². The summed E-state index contributed by atoms with van der Waals surface area (Å²) in [7, 11) is -3.74. The van der Waals surface area contributed by atoms with E-state index in [2.05, 4.69) is 31.2 Å². The lowest BCUT2D eigenvalue weighted by atomic mass is 10.1. The average Bonchev–Trinajstić information content (AvgIpc) is 2.91. The van der Waals surface area contributed by atoms with Gasteiger partial charge in [0.05, 0.1) is 16.7 Å². The van der Waals surface area contributed by atoms with Gasteiger partial charge in [0.1, 0.15) is 5.75 Å². The lowest BCUT2D eigenvalue weighted by Crippen LogP contribution is -2.18. The van der Waals surface area contributed by atoms with Gasteiger partial charge in [-0.3, -0.25) is 9.52 Å². The predicted molar refractivity (Wildman–Crippen MR) is 149 cm³/mol. The third kappa shape index (κ3) is 6.93. The van der Waals surface area contributed by atoms with Gasteiger partial charge in [0.25, 0.3) is 15.9 Å². The Hall–Kier alpha value is -4.28. The molecular weight excluding hydrogens is 570 g/mol. The van der Waals surface area contributed by atoms with Crippen LogP contribution < -0.4 is 14.9 Å². The van der Waals surface area contributed by atoms with Crippen LogP contribution >= 0.6 is 15.9 Å². The number of esters is 1. The normalized spacial score (nSPS) is 11.2. The molecule has 0 atom stereocenters. The fourth-order valence-electron chi connectivity index (χ4n) is 3.29. The van der Waals surface area contributed by atoms with Crippen molar-refractivity contribution in [1.82, 2.24) is 5.43 Å². The molecule has 192 valence electrons. The van der Waals surface area contributed by atoms with E-state index in [-0.39, 0.29) is 16.2 Å². The Morgan fingerprint density at radius 2 is 1.53 bits per heavy atom. The molecule has 4 aromatic rings. The van der Waals surface area contributed by atoms with Crippen LogP contribution in [0.4, 0.5) is 5.69 Å². The number of carbonyl (C=O) groups excluding carboxylic acids is 2. The van der Waals surface area contributed by atoms with Gasteiger partial charge in [-0.2, -0.15) is 5.10 Å². The van der Waals surface area contributed by atoms with Crippen molar-refractivity contribution >= 4 is 49.7 Å². The largest absolute Gasteiger partial charge is 0.422 e. The topological polar surface area (TPSA) is 114 Å². The Morgan fingerprint density at radius 1 is 0.868 bits per heavy atom. The zero-order valence-corrected chi connectivity index (χ0v) is 22.5. The van der Waals surface area contributed by atoms with E-state index in [4.69, 9.17) is 4.74 Å². The summed E-state index contributed by atoms with van der Waals surface area (Å²) in [4.78, 5) is 25.2. The number of amides is 1. The quantitative estimate of drug-likeness (QED) is 0.121. The van der Waals surface area contributed by atoms with E-state index < -0.39 is 21.9 Å². The number of halogens is 1. The predicted octanol–water partition coefficient (Wildman–Crippen LogP) is 5.54. The molecule has 0 bridgehead atoms. The summed E-state index contributed by atoms with van der Waals surface area (Å²) >= 11 is 3.38. The SMILES string of the molecule is Cc1ccc(C(=O)Oc2ccc(Br)cc2/C=N\NC(=O)c2ccc(NS(=O)(=O)c3ccccc3)cc2)cc1. The van der Waals surface area contributed by atoms with Gasteiger partial charge in [-0.15, -0.1) is 0 Å². The molecule has 8 nitrogen and oxygen atoms in total. The van der Waals surface area contributed by atoms with Crippen molar-refractivity contribution in [2.45, 2.75) is 11.8 Å². The maximum Gasteiger partial charge on any atom is 0.343 e. The molecular formula is C28H22BrN3O5S. The van der Waals surface area contributed by atoms with Gasteiger partial charge in [-0.05, 0) is 73.7 Å². The number of sulfonamides is 1. The van der Waals surface area contributed by atoms with Gasteiger partial charge < -0.3 is 4.74 Å². The van der Waals surface area contributed by atoms with Crippen molar-refractivity contribution in [3.8, 4) is 5.75 Å². The highest BCUT2D eigenvalue weighted by molar-refractivity contribution is 9.10. The van der Waals surface area contributed by atoms with E-state index in [0.717, 1.165) is 10.0 Å². The number of aryl methyl sites for hydroxylation is 1.